The first kappa shape index (κ1) is 13.4. The molecule has 4 heteroatoms. The summed E-state index contributed by atoms with van der Waals surface area (Å²) in [5.41, 5.74) is 0. The molecule has 2 nitrogen and oxygen atoms in total. The minimum Gasteiger partial charge on any atom is -0.317 e. The fraction of sp³-hybridized carbons (Fsp3) is 0.400. The molecule has 1 saturated heterocycles. The van der Waals surface area contributed by atoms with Crippen LogP contribution in [0.15, 0.2) is 40.0 Å². The van der Waals surface area contributed by atoms with E-state index in [0.717, 1.165) is 11.8 Å². The number of nitrogens with zero attached hydrogens (tertiary/aromatic N) is 1. The summed E-state index contributed by atoms with van der Waals surface area (Å²) in [4.78, 5) is 5.53. The predicted molar refractivity (Wildman–Crippen MR) is 85.8 cm³/mol. The van der Waals surface area contributed by atoms with E-state index in [1.807, 2.05) is 24.2 Å². The SMILES string of the molecule is Brc1cc2cnccc2cc1SC1CCCNCC1. The van der Waals surface area contributed by atoms with Crippen molar-refractivity contribution in [2.24, 2.45) is 0 Å². The van der Waals surface area contributed by atoms with Gasteiger partial charge in [0.2, 0.25) is 0 Å². The third kappa shape index (κ3) is 3.30. The highest BCUT2D eigenvalue weighted by Crippen LogP contribution is 2.36. The Morgan fingerprint density at radius 2 is 2.16 bits per heavy atom. The highest BCUT2D eigenvalue weighted by atomic mass is 79.9. The largest absolute Gasteiger partial charge is 0.317 e. The number of nitrogens with one attached hydrogen (secondary N) is 1. The molecule has 0 amide bonds. The summed E-state index contributed by atoms with van der Waals surface area (Å²) in [6.45, 7) is 2.31. The van der Waals surface area contributed by atoms with Gasteiger partial charge in [-0.15, -0.1) is 11.8 Å². The van der Waals surface area contributed by atoms with Crippen molar-refractivity contribution in [3.63, 3.8) is 0 Å². The van der Waals surface area contributed by atoms with Crippen LogP contribution < -0.4 is 5.32 Å². The second-order valence-electron chi connectivity index (χ2n) is 4.93. The van der Waals surface area contributed by atoms with Crippen LogP contribution in [0.3, 0.4) is 0 Å². The van der Waals surface area contributed by atoms with Crippen molar-refractivity contribution in [2.75, 3.05) is 13.1 Å². The zero-order chi connectivity index (χ0) is 13.1. The summed E-state index contributed by atoms with van der Waals surface area (Å²) in [5.74, 6) is 0. The molecule has 0 saturated carbocycles. The number of halogens is 1. The van der Waals surface area contributed by atoms with Gasteiger partial charge in [-0.3, -0.25) is 4.98 Å². The third-order valence-electron chi connectivity index (χ3n) is 3.51. The topological polar surface area (TPSA) is 24.9 Å². The van der Waals surface area contributed by atoms with Crippen molar-refractivity contribution in [2.45, 2.75) is 29.4 Å². The number of aromatic nitrogens is 1. The monoisotopic (exact) mass is 336 g/mol. The molecule has 100 valence electrons. The van der Waals surface area contributed by atoms with E-state index in [1.54, 1.807) is 0 Å². The molecule has 1 aromatic heterocycles. The number of fused-ring (bicyclic) bond motifs is 1. The molecule has 0 radical (unpaired) electrons. The molecule has 1 unspecified atom stereocenters. The molecule has 2 heterocycles. The summed E-state index contributed by atoms with van der Waals surface area (Å²) >= 11 is 5.71. The summed E-state index contributed by atoms with van der Waals surface area (Å²) in [6, 6.07) is 6.55. The molecule has 2 aromatic rings. The minimum atomic E-state index is 0.727. The van der Waals surface area contributed by atoms with Crippen LogP contribution in [0.2, 0.25) is 0 Å². The lowest BCUT2D eigenvalue weighted by atomic mass is 10.2. The molecule has 0 bridgehead atoms. The Labute approximate surface area is 126 Å². The normalized spacial score (nSPS) is 20.4. The maximum atomic E-state index is 4.18. The molecule has 1 N–H and O–H groups in total. The minimum absolute atomic E-state index is 0.727. The van der Waals surface area contributed by atoms with Crippen LogP contribution in [0, 0.1) is 0 Å². The zero-order valence-electron chi connectivity index (χ0n) is 10.7. The van der Waals surface area contributed by atoms with E-state index in [9.17, 15) is 0 Å². The molecule has 3 rings (SSSR count). The van der Waals surface area contributed by atoms with Gasteiger partial charge in [0.1, 0.15) is 0 Å². The fourth-order valence-corrected chi connectivity index (χ4v) is 4.35. The fourth-order valence-electron chi connectivity index (χ4n) is 2.46. The molecule has 0 aliphatic carbocycles. The Balaban J connectivity index is 1.85. The highest BCUT2D eigenvalue weighted by molar-refractivity contribution is 9.10. The van der Waals surface area contributed by atoms with Crippen LogP contribution in [0.4, 0.5) is 0 Å². The quantitative estimate of drug-likeness (QED) is 0.888. The number of hydrogen-bond acceptors (Lipinski definition) is 3. The van der Waals surface area contributed by atoms with Gasteiger partial charge >= 0.3 is 0 Å². The number of pyridine rings is 1. The van der Waals surface area contributed by atoms with Gasteiger partial charge in [-0.2, -0.15) is 0 Å². The molecule has 1 atom stereocenters. The van der Waals surface area contributed by atoms with E-state index < -0.39 is 0 Å². The van der Waals surface area contributed by atoms with Gasteiger partial charge in [-0.1, -0.05) is 0 Å². The van der Waals surface area contributed by atoms with Gasteiger partial charge in [0.05, 0.1) is 0 Å². The van der Waals surface area contributed by atoms with Gasteiger partial charge in [-0.05, 0) is 71.9 Å². The number of benzene rings is 1. The van der Waals surface area contributed by atoms with Crippen LogP contribution >= 0.6 is 27.7 Å². The molecule has 19 heavy (non-hydrogen) atoms. The summed E-state index contributed by atoms with van der Waals surface area (Å²) < 4.78 is 1.19. The Kier molecular flexibility index (Phi) is 4.41. The first-order valence-corrected chi connectivity index (χ1v) is 8.41. The van der Waals surface area contributed by atoms with Crippen LogP contribution in [0.1, 0.15) is 19.3 Å². The average Bonchev–Trinajstić information content (AvgIpc) is 2.68. The van der Waals surface area contributed by atoms with Crippen molar-refractivity contribution in [3.8, 4) is 0 Å². The lowest BCUT2D eigenvalue weighted by molar-refractivity contribution is 0.703. The van der Waals surface area contributed by atoms with Crippen molar-refractivity contribution in [1.82, 2.24) is 10.3 Å². The maximum absolute atomic E-state index is 4.18. The van der Waals surface area contributed by atoms with Crippen molar-refractivity contribution < 1.29 is 0 Å². The van der Waals surface area contributed by atoms with Crippen LogP contribution in [-0.4, -0.2) is 23.3 Å². The van der Waals surface area contributed by atoms with E-state index in [4.69, 9.17) is 0 Å². The Bertz CT molecular complexity index is 565. The van der Waals surface area contributed by atoms with Crippen molar-refractivity contribution in [1.29, 1.82) is 0 Å². The number of hydrogen-bond donors (Lipinski definition) is 1. The highest BCUT2D eigenvalue weighted by Gasteiger charge is 2.15. The lowest BCUT2D eigenvalue weighted by Gasteiger charge is -2.15. The summed E-state index contributed by atoms with van der Waals surface area (Å²) in [7, 11) is 0. The van der Waals surface area contributed by atoms with Crippen molar-refractivity contribution in [3.05, 3.63) is 35.1 Å². The van der Waals surface area contributed by atoms with Gasteiger partial charge in [0.25, 0.3) is 0 Å². The number of rotatable bonds is 2. The smallest absolute Gasteiger partial charge is 0.0346 e. The second-order valence-corrected chi connectivity index (χ2v) is 7.12. The van der Waals surface area contributed by atoms with Crippen LogP contribution in [-0.2, 0) is 0 Å². The van der Waals surface area contributed by atoms with E-state index >= 15 is 0 Å². The Morgan fingerprint density at radius 1 is 1.21 bits per heavy atom. The van der Waals surface area contributed by atoms with Gasteiger partial charge in [-0.25, -0.2) is 0 Å². The third-order valence-corrected chi connectivity index (χ3v) is 5.82. The number of thioether (sulfide) groups is 1. The van der Waals surface area contributed by atoms with Crippen LogP contribution in [0.25, 0.3) is 10.8 Å². The van der Waals surface area contributed by atoms with Crippen LogP contribution in [0.5, 0.6) is 0 Å². The molecule has 1 aliphatic rings. The molecule has 1 aliphatic heterocycles. The predicted octanol–water partition coefficient (Wildman–Crippen LogP) is 4.23. The van der Waals surface area contributed by atoms with E-state index in [0.29, 0.717) is 0 Å². The second kappa shape index (κ2) is 6.25. The van der Waals surface area contributed by atoms with E-state index in [-0.39, 0.29) is 0 Å². The van der Waals surface area contributed by atoms with Gasteiger partial charge in [0.15, 0.2) is 0 Å². The lowest BCUT2D eigenvalue weighted by Crippen LogP contribution is -2.14. The average molecular weight is 337 g/mol. The summed E-state index contributed by atoms with van der Waals surface area (Å²) in [6.07, 6.45) is 7.63. The first-order chi connectivity index (χ1) is 9.33. The Hall–Kier alpha value is -0.580. The molecule has 1 fully saturated rings. The summed E-state index contributed by atoms with van der Waals surface area (Å²) in [5, 5.41) is 6.67. The van der Waals surface area contributed by atoms with Crippen molar-refractivity contribution >= 4 is 38.5 Å². The molecular formula is C15H17BrN2S. The standard InChI is InChI=1S/C15H17BrN2S/c16-14-8-12-10-18-6-3-11(12)9-15(14)19-13-2-1-5-17-7-4-13/h3,6,8-10,13,17H,1-2,4-5,7H2. The zero-order valence-corrected chi connectivity index (χ0v) is 13.1. The van der Waals surface area contributed by atoms with Gasteiger partial charge < -0.3 is 5.32 Å². The van der Waals surface area contributed by atoms with E-state index in [2.05, 4.69) is 44.4 Å². The first-order valence-electron chi connectivity index (χ1n) is 6.73. The van der Waals surface area contributed by atoms with Gasteiger partial charge in [0, 0.05) is 32.4 Å². The maximum Gasteiger partial charge on any atom is 0.0346 e. The molecular weight excluding hydrogens is 320 g/mol. The molecule has 1 aromatic carbocycles. The van der Waals surface area contributed by atoms with E-state index in [1.165, 1.54) is 45.9 Å². The molecule has 0 spiro atoms. The Morgan fingerprint density at radius 3 is 3.11 bits per heavy atom.